The Balaban J connectivity index is 0.00000220. The zero-order chi connectivity index (χ0) is 14.4. The first-order chi connectivity index (χ1) is 9.67. The first-order valence-corrected chi connectivity index (χ1v) is 7.31. The molecule has 1 aliphatic carbocycles. The summed E-state index contributed by atoms with van der Waals surface area (Å²) in [6.07, 6.45) is 5.60. The van der Waals surface area contributed by atoms with E-state index in [2.05, 4.69) is 5.32 Å². The lowest BCUT2D eigenvalue weighted by atomic mass is 9.97. The number of amides is 1. The third-order valence-corrected chi connectivity index (χ3v) is 4.16. The molecule has 1 saturated carbocycles. The highest BCUT2D eigenvalue weighted by Gasteiger charge is 2.33. The van der Waals surface area contributed by atoms with Crippen molar-refractivity contribution in [1.82, 2.24) is 5.32 Å². The Hall–Kier alpha value is -1.26. The molecule has 0 aromatic heterocycles. The minimum absolute atomic E-state index is 0. The van der Waals surface area contributed by atoms with Crippen LogP contribution in [0.4, 0.5) is 0 Å². The monoisotopic (exact) mass is 312 g/mol. The molecular weight excluding hydrogens is 288 g/mol. The molecule has 0 aliphatic heterocycles. The Labute approximate surface area is 132 Å². The zero-order valence-electron chi connectivity index (χ0n) is 12.6. The van der Waals surface area contributed by atoms with Crippen molar-refractivity contribution in [2.45, 2.75) is 44.1 Å². The van der Waals surface area contributed by atoms with E-state index < -0.39 is 0 Å². The minimum Gasteiger partial charge on any atom is -0.497 e. The lowest BCUT2D eigenvalue weighted by Crippen LogP contribution is -2.51. The number of hydrogen-bond acceptors (Lipinski definition) is 3. The van der Waals surface area contributed by atoms with Gasteiger partial charge in [0.2, 0.25) is 5.91 Å². The predicted molar refractivity (Wildman–Crippen MR) is 87.0 cm³/mol. The fourth-order valence-electron chi connectivity index (χ4n) is 2.84. The van der Waals surface area contributed by atoms with E-state index in [0.717, 1.165) is 43.4 Å². The fraction of sp³-hybridized carbons (Fsp3) is 0.562. The van der Waals surface area contributed by atoms with E-state index in [4.69, 9.17) is 10.5 Å². The van der Waals surface area contributed by atoms with Crippen LogP contribution in [-0.4, -0.2) is 25.1 Å². The number of benzene rings is 1. The summed E-state index contributed by atoms with van der Waals surface area (Å²) < 4.78 is 5.12. The first kappa shape index (κ1) is 17.8. The topological polar surface area (TPSA) is 64.3 Å². The second-order valence-corrected chi connectivity index (χ2v) is 5.59. The quantitative estimate of drug-likeness (QED) is 0.848. The van der Waals surface area contributed by atoms with Gasteiger partial charge in [0.15, 0.2) is 0 Å². The summed E-state index contributed by atoms with van der Waals surface area (Å²) in [7, 11) is 1.65. The van der Waals surface area contributed by atoms with Crippen LogP contribution in [0.2, 0.25) is 0 Å². The smallest absolute Gasteiger partial charge is 0.220 e. The summed E-state index contributed by atoms with van der Waals surface area (Å²) >= 11 is 0. The number of carbonyl (C=O) groups excluding carboxylic acids is 1. The number of methoxy groups -OCH3 is 1. The van der Waals surface area contributed by atoms with Gasteiger partial charge in [-0.2, -0.15) is 0 Å². The molecule has 0 radical (unpaired) electrons. The van der Waals surface area contributed by atoms with Crippen LogP contribution in [0.25, 0.3) is 0 Å². The molecule has 0 unspecified atom stereocenters. The molecule has 1 aromatic carbocycles. The first-order valence-electron chi connectivity index (χ1n) is 7.31. The van der Waals surface area contributed by atoms with E-state index in [0.29, 0.717) is 13.0 Å². The van der Waals surface area contributed by atoms with Crippen LogP contribution in [0.5, 0.6) is 5.75 Å². The summed E-state index contributed by atoms with van der Waals surface area (Å²) in [5.41, 5.74) is 6.83. The summed E-state index contributed by atoms with van der Waals surface area (Å²) in [6, 6.07) is 7.85. The highest BCUT2D eigenvalue weighted by atomic mass is 35.5. The molecule has 0 heterocycles. The van der Waals surface area contributed by atoms with E-state index in [1.54, 1.807) is 7.11 Å². The number of nitrogens with one attached hydrogen (secondary N) is 1. The Kier molecular flexibility index (Phi) is 6.99. The SMILES string of the molecule is COc1ccc(CCC(=O)NC2(CN)CCCC2)cc1.Cl. The van der Waals surface area contributed by atoms with Crippen molar-refractivity contribution in [3.8, 4) is 5.75 Å². The highest BCUT2D eigenvalue weighted by molar-refractivity contribution is 5.85. The number of halogens is 1. The van der Waals surface area contributed by atoms with E-state index in [9.17, 15) is 4.79 Å². The lowest BCUT2D eigenvalue weighted by Gasteiger charge is -2.28. The second kappa shape index (κ2) is 8.25. The maximum atomic E-state index is 12.1. The molecule has 2 rings (SSSR count). The molecule has 1 aliphatic rings. The number of hydrogen-bond donors (Lipinski definition) is 2. The van der Waals surface area contributed by atoms with Crippen molar-refractivity contribution in [2.24, 2.45) is 5.73 Å². The Morgan fingerprint density at radius 1 is 1.29 bits per heavy atom. The largest absolute Gasteiger partial charge is 0.497 e. The van der Waals surface area contributed by atoms with Gasteiger partial charge in [0.1, 0.15) is 5.75 Å². The van der Waals surface area contributed by atoms with Crippen molar-refractivity contribution in [3.05, 3.63) is 29.8 Å². The maximum Gasteiger partial charge on any atom is 0.220 e. The molecule has 0 saturated heterocycles. The number of ether oxygens (including phenoxy) is 1. The van der Waals surface area contributed by atoms with Crippen LogP contribution in [0.1, 0.15) is 37.7 Å². The van der Waals surface area contributed by atoms with E-state index in [1.165, 1.54) is 0 Å². The highest BCUT2D eigenvalue weighted by Crippen LogP contribution is 2.28. The van der Waals surface area contributed by atoms with Gasteiger partial charge in [0.05, 0.1) is 12.6 Å². The van der Waals surface area contributed by atoms with Crippen molar-refractivity contribution in [3.63, 3.8) is 0 Å². The average Bonchev–Trinajstić information content (AvgIpc) is 2.95. The van der Waals surface area contributed by atoms with E-state index >= 15 is 0 Å². The van der Waals surface area contributed by atoms with Gasteiger partial charge in [0.25, 0.3) is 0 Å². The molecule has 1 aromatic rings. The molecule has 1 amide bonds. The standard InChI is InChI=1S/C16H24N2O2.ClH/c1-20-14-7-4-13(5-8-14)6-9-15(19)18-16(12-17)10-2-3-11-16;/h4-5,7-8H,2-3,6,9-12,17H2,1H3,(H,18,19);1H. The van der Waals surface area contributed by atoms with Crippen LogP contribution >= 0.6 is 12.4 Å². The zero-order valence-corrected chi connectivity index (χ0v) is 13.4. The normalized spacial score (nSPS) is 16.1. The molecule has 0 spiro atoms. The van der Waals surface area contributed by atoms with Crippen molar-refractivity contribution < 1.29 is 9.53 Å². The van der Waals surface area contributed by atoms with Gasteiger partial charge in [-0.05, 0) is 37.0 Å². The average molecular weight is 313 g/mol. The number of carbonyl (C=O) groups is 1. The van der Waals surface area contributed by atoms with Gasteiger partial charge >= 0.3 is 0 Å². The molecule has 21 heavy (non-hydrogen) atoms. The van der Waals surface area contributed by atoms with Crippen molar-refractivity contribution in [2.75, 3.05) is 13.7 Å². The molecule has 5 heteroatoms. The molecule has 4 nitrogen and oxygen atoms in total. The van der Waals surface area contributed by atoms with Crippen molar-refractivity contribution >= 4 is 18.3 Å². The van der Waals surface area contributed by atoms with Gasteiger partial charge < -0.3 is 15.8 Å². The fourth-order valence-corrected chi connectivity index (χ4v) is 2.84. The summed E-state index contributed by atoms with van der Waals surface area (Å²) in [4.78, 5) is 12.1. The van der Waals surface area contributed by atoms with Crippen LogP contribution in [-0.2, 0) is 11.2 Å². The van der Waals surface area contributed by atoms with Gasteiger partial charge in [-0.1, -0.05) is 25.0 Å². The predicted octanol–water partition coefficient (Wildman–Crippen LogP) is 2.44. The minimum atomic E-state index is -0.142. The number of rotatable bonds is 6. The Morgan fingerprint density at radius 2 is 1.90 bits per heavy atom. The van der Waals surface area contributed by atoms with Crippen LogP contribution < -0.4 is 15.8 Å². The molecule has 118 valence electrons. The molecule has 0 bridgehead atoms. The third kappa shape index (κ3) is 4.90. The summed E-state index contributed by atoms with van der Waals surface area (Å²) in [5.74, 6) is 0.944. The van der Waals surface area contributed by atoms with E-state index in [-0.39, 0.29) is 23.9 Å². The van der Waals surface area contributed by atoms with Gasteiger partial charge in [-0.15, -0.1) is 12.4 Å². The molecule has 0 atom stereocenters. The second-order valence-electron chi connectivity index (χ2n) is 5.59. The van der Waals surface area contributed by atoms with Crippen LogP contribution in [0, 0.1) is 0 Å². The molecule has 1 fully saturated rings. The van der Waals surface area contributed by atoms with E-state index in [1.807, 2.05) is 24.3 Å². The van der Waals surface area contributed by atoms with Gasteiger partial charge in [-0.25, -0.2) is 0 Å². The van der Waals surface area contributed by atoms with Crippen LogP contribution in [0.15, 0.2) is 24.3 Å². The van der Waals surface area contributed by atoms with Crippen molar-refractivity contribution in [1.29, 1.82) is 0 Å². The van der Waals surface area contributed by atoms with Crippen LogP contribution in [0.3, 0.4) is 0 Å². The summed E-state index contributed by atoms with van der Waals surface area (Å²) in [5, 5.41) is 3.15. The third-order valence-electron chi connectivity index (χ3n) is 4.16. The van der Waals surface area contributed by atoms with Gasteiger partial charge in [0, 0.05) is 13.0 Å². The Morgan fingerprint density at radius 3 is 2.43 bits per heavy atom. The van der Waals surface area contributed by atoms with Gasteiger partial charge in [-0.3, -0.25) is 4.79 Å². The maximum absolute atomic E-state index is 12.1. The Bertz CT molecular complexity index is 442. The lowest BCUT2D eigenvalue weighted by molar-refractivity contribution is -0.122. The molecule has 3 N–H and O–H groups in total. The number of nitrogens with two attached hydrogens (primary N) is 1. The molecular formula is C16H25ClN2O2. The number of aryl methyl sites for hydroxylation is 1. The summed E-state index contributed by atoms with van der Waals surface area (Å²) in [6.45, 7) is 0.543.